The number of thiophene rings is 1. The first-order chi connectivity index (χ1) is 17.0. The zero-order valence-electron chi connectivity index (χ0n) is 20.1. The van der Waals surface area contributed by atoms with Gasteiger partial charge < -0.3 is 26.2 Å². The fraction of sp³-hybridized carbons (Fsp3) is 0.417. The lowest BCUT2D eigenvalue weighted by Gasteiger charge is -2.26. The molecule has 1 aromatic heterocycles. The number of carboxylic acid groups (broad SMARTS) is 1. The molecule has 196 valence electrons. The summed E-state index contributed by atoms with van der Waals surface area (Å²) in [6, 6.07) is 4.44. The van der Waals surface area contributed by atoms with Crippen molar-refractivity contribution in [2.24, 2.45) is 5.92 Å². The van der Waals surface area contributed by atoms with Crippen LogP contribution in [0, 0.1) is 5.92 Å². The molecule has 3 atom stereocenters. The van der Waals surface area contributed by atoms with Gasteiger partial charge in [0, 0.05) is 16.3 Å². The third-order valence-electron chi connectivity index (χ3n) is 5.28. The molecular formula is C24H30ClN3O6S2. The molecule has 3 amide bonds. The molecule has 0 radical (unpaired) electrons. The fourth-order valence-electron chi connectivity index (χ4n) is 3.32. The summed E-state index contributed by atoms with van der Waals surface area (Å²) in [5.41, 5.74) is -0.0520. The van der Waals surface area contributed by atoms with Crippen LogP contribution in [0.4, 0.5) is 0 Å². The van der Waals surface area contributed by atoms with Gasteiger partial charge in [0.05, 0.1) is 5.56 Å². The molecule has 0 unspecified atom stereocenters. The van der Waals surface area contributed by atoms with Crippen LogP contribution in [-0.4, -0.2) is 64.0 Å². The number of carbonyl (C=O) groups is 4. The molecule has 1 heterocycles. The van der Waals surface area contributed by atoms with E-state index < -0.39 is 41.8 Å². The van der Waals surface area contributed by atoms with Crippen molar-refractivity contribution < 1.29 is 29.4 Å². The molecule has 9 nitrogen and oxygen atoms in total. The molecule has 0 aliphatic carbocycles. The predicted octanol–water partition coefficient (Wildman–Crippen LogP) is 2.91. The molecule has 0 fully saturated rings. The maximum atomic E-state index is 13.2. The summed E-state index contributed by atoms with van der Waals surface area (Å²) in [6.45, 7) is 3.45. The number of carboxylic acids is 1. The minimum atomic E-state index is -1.16. The molecule has 2 aromatic rings. The van der Waals surface area contributed by atoms with Gasteiger partial charge in [0.2, 0.25) is 11.8 Å². The molecule has 0 saturated heterocycles. The number of aliphatic carboxylic acids is 1. The minimum absolute atomic E-state index is 0.0520. The second kappa shape index (κ2) is 14.1. The highest BCUT2D eigenvalue weighted by Gasteiger charge is 2.31. The fourth-order valence-corrected chi connectivity index (χ4v) is 4.71. The summed E-state index contributed by atoms with van der Waals surface area (Å²) < 4.78 is 0. The Morgan fingerprint density at radius 1 is 1.06 bits per heavy atom. The monoisotopic (exact) mass is 555 g/mol. The highest BCUT2D eigenvalue weighted by Crippen LogP contribution is 2.22. The van der Waals surface area contributed by atoms with E-state index in [0.29, 0.717) is 5.75 Å². The quantitative estimate of drug-likeness (QED) is 0.255. The van der Waals surface area contributed by atoms with Gasteiger partial charge in [-0.3, -0.25) is 14.4 Å². The topological polar surface area (TPSA) is 145 Å². The molecule has 36 heavy (non-hydrogen) atoms. The zero-order chi connectivity index (χ0) is 26.8. The van der Waals surface area contributed by atoms with Crippen molar-refractivity contribution in [3.63, 3.8) is 0 Å². The Balaban J connectivity index is 2.21. The Morgan fingerprint density at radius 3 is 2.31 bits per heavy atom. The number of phenolic OH excluding ortho intramolecular Hbond substituents is 1. The van der Waals surface area contributed by atoms with Gasteiger partial charge in [0.1, 0.15) is 23.9 Å². The van der Waals surface area contributed by atoms with Crippen LogP contribution >= 0.6 is 34.7 Å². The average Bonchev–Trinajstić information content (AvgIpc) is 3.32. The van der Waals surface area contributed by atoms with E-state index in [1.54, 1.807) is 13.8 Å². The van der Waals surface area contributed by atoms with Crippen LogP contribution in [0.15, 0.2) is 35.7 Å². The standard InChI is InChI=1S/C24H30ClN3O6S2/c1-13(2)20(28-21(30)16-7-6-14(25)11-19(16)29)23(32)27-18(12-15-5-4-9-36-15)22(31)26-17(24(33)34)8-10-35-3/h4-7,9,11,13,17-18,20,29H,8,10,12H2,1-3H3,(H,26,31)(H,27,32)(H,28,30)(H,33,34)/t17-,18-,20-/m0/s1. The number of phenols is 1. The molecule has 5 N–H and O–H groups in total. The number of halogens is 1. The number of nitrogens with one attached hydrogen (secondary N) is 3. The number of thioether (sulfide) groups is 1. The second-order valence-corrected chi connectivity index (χ2v) is 10.8. The van der Waals surface area contributed by atoms with E-state index in [4.69, 9.17) is 11.6 Å². The molecule has 12 heteroatoms. The van der Waals surface area contributed by atoms with Crippen molar-refractivity contribution in [3.05, 3.63) is 51.2 Å². The van der Waals surface area contributed by atoms with Gasteiger partial charge in [-0.1, -0.05) is 31.5 Å². The van der Waals surface area contributed by atoms with Crippen LogP contribution in [-0.2, 0) is 20.8 Å². The highest BCUT2D eigenvalue weighted by atomic mass is 35.5. The van der Waals surface area contributed by atoms with Crippen LogP contribution in [0.25, 0.3) is 0 Å². The molecule has 1 aromatic carbocycles. The zero-order valence-corrected chi connectivity index (χ0v) is 22.5. The molecule has 2 rings (SSSR count). The van der Waals surface area contributed by atoms with Crippen molar-refractivity contribution in [1.29, 1.82) is 0 Å². The van der Waals surface area contributed by atoms with E-state index in [0.717, 1.165) is 4.88 Å². The molecule has 0 spiro atoms. The number of benzene rings is 1. The third kappa shape index (κ3) is 8.72. The van der Waals surface area contributed by atoms with E-state index >= 15 is 0 Å². The largest absolute Gasteiger partial charge is 0.507 e. The molecule has 0 aliphatic rings. The van der Waals surface area contributed by atoms with Crippen molar-refractivity contribution in [2.45, 2.75) is 44.8 Å². The Hall–Kier alpha value is -2.76. The Bertz CT molecular complexity index is 1060. The van der Waals surface area contributed by atoms with Crippen LogP contribution in [0.3, 0.4) is 0 Å². The number of carbonyl (C=O) groups excluding carboxylic acids is 3. The highest BCUT2D eigenvalue weighted by molar-refractivity contribution is 7.98. The normalized spacial score (nSPS) is 13.5. The maximum absolute atomic E-state index is 13.2. The SMILES string of the molecule is CSCC[C@H](NC(=O)[C@H](Cc1cccs1)NC(=O)[C@@H](NC(=O)c1ccc(Cl)cc1O)C(C)C)C(=O)O. The predicted molar refractivity (Wildman–Crippen MR) is 142 cm³/mol. The van der Waals surface area contributed by atoms with E-state index in [1.807, 2.05) is 23.8 Å². The Kier molecular flexibility index (Phi) is 11.5. The van der Waals surface area contributed by atoms with Crippen LogP contribution in [0.5, 0.6) is 5.75 Å². The van der Waals surface area contributed by atoms with Gasteiger partial charge in [-0.25, -0.2) is 4.79 Å². The van der Waals surface area contributed by atoms with Gasteiger partial charge in [-0.05, 0) is 54.0 Å². The lowest BCUT2D eigenvalue weighted by atomic mass is 10.0. The summed E-state index contributed by atoms with van der Waals surface area (Å²) >= 11 is 8.69. The molecular weight excluding hydrogens is 526 g/mol. The summed E-state index contributed by atoms with van der Waals surface area (Å²) in [5.74, 6) is -3.23. The number of aromatic hydroxyl groups is 1. The average molecular weight is 556 g/mol. The number of rotatable bonds is 13. The lowest BCUT2D eigenvalue weighted by Crippen LogP contribution is -2.57. The second-order valence-electron chi connectivity index (χ2n) is 8.38. The number of hydrogen-bond acceptors (Lipinski definition) is 7. The van der Waals surface area contributed by atoms with Gasteiger partial charge >= 0.3 is 5.97 Å². The van der Waals surface area contributed by atoms with Gasteiger partial charge in [0.15, 0.2) is 0 Å². The van der Waals surface area contributed by atoms with Crippen molar-refractivity contribution in [3.8, 4) is 5.75 Å². The van der Waals surface area contributed by atoms with Crippen LogP contribution in [0.2, 0.25) is 5.02 Å². The molecule has 0 aliphatic heterocycles. The van der Waals surface area contributed by atoms with Crippen molar-refractivity contribution in [1.82, 2.24) is 16.0 Å². The number of amides is 3. The van der Waals surface area contributed by atoms with E-state index in [2.05, 4.69) is 16.0 Å². The van der Waals surface area contributed by atoms with Gasteiger partial charge in [-0.15, -0.1) is 11.3 Å². The van der Waals surface area contributed by atoms with Crippen LogP contribution < -0.4 is 16.0 Å². The molecule has 0 saturated carbocycles. The molecule has 0 bridgehead atoms. The number of hydrogen-bond donors (Lipinski definition) is 5. The first-order valence-electron chi connectivity index (χ1n) is 11.2. The first-order valence-corrected chi connectivity index (χ1v) is 13.8. The maximum Gasteiger partial charge on any atom is 0.326 e. The first kappa shape index (κ1) is 29.5. The van der Waals surface area contributed by atoms with E-state index in [-0.39, 0.29) is 35.1 Å². The Labute approximate surface area is 223 Å². The van der Waals surface area contributed by atoms with Gasteiger partial charge in [-0.2, -0.15) is 11.8 Å². The van der Waals surface area contributed by atoms with Crippen molar-refractivity contribution >= 4 is 58.4 Å². The summed E-state index contributed by atoms with van der Waals surface area (Å²) in [4.78, 5) is 51.5. The van der Waals surface area contributed by atoms with E-state index in [1.165, 1.54) is 41.3 Å². The lowest BCUT2D eigenvalue weighted by molar-refractivity contribution is -0.142. The van der Waals surface area contributed by atoms with Gasteiger partial charge in [0.25, 0.3) is 5.91 Å². The smallest absolute Gasteiger partial charge is 0.326 e. The van der Waals surface area contributed by atoms with Crippen LogP contribution in [0.1, 0.15) is 35.5 Å². The van der Waals surface area contributed by atoms with Crippen molar-refractivity contribution in [2.75, 3.05) is 12.0 Å². The third-order valence-corrected chi connectivity index (χ3v) is 7.06. The summed E-state index contributed by atoms with van der Waals surface area (Å²) in [6.07, 6.45) is 2.22. The summed E-state index contributed by atoms with van der Waals surface area (Å²) in [7, 11) is 0. The minimum Gasteiger partial charge on any atom is -0.507 e. The Morgan fingerprint density at radius 2 is 1.75 bits per heavy atom. The van der Waals surface area contributed by atoms with E-state index in [9.17, 15) is 29.4 Å². The summed E-state index contributed by atoms with van der Waals surface area (Å²) in [5, 5.41) is 29.4.